The molecular weight excluding hydrogens is 404 g/mol. The second kappa shape index (κ2) is 8.97. The van der Waals surface area contributed by atoms with Crippen molar-refractivity contribution in [2.24, 2.45) is 0 Å². The SMILES string of the molecule is Cc1cc(OC2CCOC2)cc(C)c1-c1cccc(COc2ccc3c(c2)SCC3)c1. The third-order valence-electron chi connectivity index (χ3n) is 5.99. The summed E-state index contributed by atoms with van der Waals surface area (Å²) in [6, 6.07) is 19.4. The molecule has 4 heteroatoms. The van der Waals surface area contributed by atoms with Gasteiger partial charge < -0.3 is 14.2 Å². The molecule has 0 amide bonds. The maximum Gasteiger partial charge on any atom is 0.124 e. The first-order valence-electron chi connectivity index (χ1n) is 11.0. The maximum absolute atomic E-state index is 6.12. The fourth-order valence-corrected chi connectivity index (χ4v) is 5.56. The van der Waals surface area contributed by atoms with E-state index in [4.69, 9.17) is 14.2 Å². The molecule has 0 saturated carbocycles. The van der Waals surface area contributed by atoms with Crippen LogP contribution in [0.2, 0.25) is 0 Å². The van der Waals surface area contributed by atoms with Gasteiger partial charge in [-0.25, -0.2) is 0 Å². The van der Waals surface area contributed by atoms with Crippen LogP contribution in [0.1, 0.15) is 28.7 Å². The number of rotatable bonds is 6. The minimum absolute atomic E-state index is 0.169. The zero-order valence-corrected chi connectivity index (χ0v) is 19.0. The van der Waals surface area contributed by atoms with Crippen LogP contribution < -0.4 is 9.47 Å². The van der Waals surface area contributed by atoms with Crippen molar-refractivity contribution in [3.05, 3.63) is 76.9 Å². The van der Waals surface area contributed by atoms with Gasteiger partial charge in [0.2, 0.25) is 0 Å². The molecule has 160 valence electrons. The second-order valence-electron chi connectivity index (χ2n) is 8.39. The van der Waals surface area contributed by atoms with Crippen molar-refractivity contribution >= 4 is 11.8 Å². The first-order chi connectivity index (χ1) is 15.2. The van der Waals surface area contributed by atoms with Gasteiger partial charge in [0.15, 0.2) is 0 Å². The first kappa shape index (κ1) is 20.5. The van der Waals surface area contributed by atoms with E-state index in [0.29, 0.717) is 13.2 Å². The molecule has 0 spiro atoms. The van der Waals surface area contributed by atoms with Gasteiger partial charge in [0.05, 0.1) is 13.2 Å². The number of ether oxygens (including phenoxy) is 3. The minimum atomic E-state index is 0.169. The maximum atomic E-state index is 6.12. The second-order valence-corrected chi connectivity index (χ2v) is 9.53. The molecule has 1 atom stereocenters. The summed E-state index contributed by atoms with van der Waals surface area (Å²) in [5.74, 6) is 3.06. The molecule has 2 aliphatic rings. The van der Waals surface area contributed by atoms with E-state index < -0.39 is 0 Å². The zero-order valence-electron chi connectivity index (χ0n) is 18.1. The normalized spacial score (nSPS) is 17.5. The van der Waals surface area contributed by atoms with Gasteiger partial charge in [0.1, 0.15) is 24.2 Å². The predicted octanol–water partition coefficient (Wildman–Crippen LogP) is 6.37. The monoisotopic (exact) mass is 432 g/mol. The summed E-state index contributed by atoms with van der Waals surface area (Å²) < 4.78 is 17.7. The summed E-state index contributed by atoms with van der Waals surface area (Å²) in [6.45, 7) is 6.36. The summed E-state index contributed by atoms with van der Waals surface area (Å²) in [5, 5.41) is 0. The number of fused-ring (bicyclic) bond motifs is 1. The van der Waals surface area contributed by atoms with Gasteiger partial charge in [-0.15, -0.1) is 11.8 Å². The standard InChI is InChI=1S/C27H28O3S/c1-18-12-25(30-24-8-10-28-17-24)13-19(2)27(18)22-5-3-4-20(14-22)16-29-23-7-6-21-9-11-31-26(21)15-23/h3-7,12-15,24H,8-11,16-17H2,1-2H3. The Bertz CT molecular complexity index is 1060. The Morgan fingerprint density at radius 1 is 1.00 bits per heavy atom. The van der Waals surface area contributed by atoms with Crippen LogP contribution in [0.4, 0.5) is 0 Å². The van der Waals surface area contributed by atoms with Crippen molar-refractivity contribution in [2.75, 3.05) is 19.0 Å². The van der Waals surface area contributed by atoms with Crippen molar-refractivity contribution in [1.29, 1.82) is 0 Å². The molecule has 0 aromatic heterocycles. The topological polar surface area (TPSA) is 27.7 Å². The summed E-state index contributed by atoms with van der Waals surface area (Å²) in [4.78, 5) is 1.36. The van der Waals surface area contributed by atoms with E-state index in [1.165, 1.54) is 50.4 Å². The molecule has 1 fully saturated rings. The first-order valence-corrected chi connectivity index (χ1v) is 12.0. The van der Waals surface area contributed by atoms with Crippen LogP contribution in [-0.4, -0.2) is 25.1 Å². The Labute approximate surface area is 188 Å². The summed E-state index contributed by atoms with van der Waals surface area (Å²) in [5.41, 5.74) is 7.55. The highest BCUT2D eigenvalue weighted by atomic mass is 32.2. The highest BCUT2D eigenvalue weighted by Crippen LogP contribution is 2.35. The summed E-state index contributed by atoms with van der Waals surface area (Å²) in [7, 11) is 0. The molecule has 2 heterocycles. The molecule has 31 heavy (non-hydrogen) atoms. The fraction of sp³-hybridized carbons (Fsp3) is 0.333. The molecule has 1 unspecified atom stereocenters. The highest BCUT2D eigenvalue weighted by Gasteiger charge is 2.18. The van der Waals surface area contributed by atoms with Gasteiger partial charge in [-0.3, -0.25) is 0 Å². The average molecular weight is 433 g/mol. The lowest BCUT2D eigenvalue weighted by molar-refractivity contribution is 0.141. The van der Waals surface area contributed by atoms with Crippen LogP contribution in [-0.2, 0) is 17.8 Å². The lowest BCUT2D eigenvalue weighted by Crippen LogP contribution is -2.15. The smallest absolute Gasteiger partial charge is 0.124 e. The quantitative estimate of drug-likeness (QED) is 0.453. The van der Waals surface area contributed by atoms with Crippen molar-refractivity contribution in [1.82, 2.24) is 0 Å². The molecule has 5 rings (SSSR count). The number of aryl methyl sites for hydroxylation is 3. The van der Waals surface area contributed by atoms with Gasteiger partial charge in [-0.1, -0.05) is 24.3 Å². The van der Waals surface area contributed by atoms with Crippen molar-refractivity contribution in [3.63, 3.8) is 0 Å². The Balaban J connectivity index is 1.32. The molecule has 0 bridgehead atoms. The van der Waals surface area contributed by atoms with E-state index in [-0.39, 0.29) is 6.10 Å². The van der Waals surface area contributed by atoms with Crippen LogP contribution in [0.15, 0.2) is 59.5 Å². The fourth-order valence-electron chi connectivity index (χ4n) is 4.47. The Hall–Kier alpha value is -2.43. The summed E-state index contributed by atoms with van der Waals surface area (Å²) >= 11 is 1.92. The van der Waals surface area contributed by atoms with Crippen molar-refractivity contribution < 1.29 is 14.2 Å². The van der Waals surface area contributed by atoms with E-state index in [0.717, 1.165) is 24.5 Å². The predicted molar refractivity (Wildman–Crippen MR) is 126 cm³/mol. The molecule has 0 aliphatic carbocycles. The minimum Gasteiger partial charge on any atom is -0.489 e. The van der Waals surface area contributed by atoms with Gasteiger partial charge in [-0.2, -0.15) is 0 Å². The summed E-state index contributed by atoms with van der Waals surface area (Å²) in [6.07, 6.45) is 2.30. The number of thioether (sulfide) groups is 1. The van der Waals surface area contributed by atoms with Gasteiger partial charge in [0.25, 0.3) is 0 Å². The Morgan fingerprint density at radius 2 is 1.87 bits per heavy atom. The molecule has 3 aromatic carbocycles. The molecule has 3 nitrogen and oxygen atoms in total. The van der Waals surface area contributed by atoms with Crippen LogP contribution >= 0.6 is 11.8 Å². The van der Waals surface area contributed by atoms with E-state index >= 15 is 0 Å². The largest absolute Gasteiger partial charge is 0.489 e. The van der Waals surface area contributed by atoms with Gasteiger partial charge >= 0.3 is 0 Å². The van der Waals surface area contributed by atoms with Crippen LogP contribution in [0, 0.1) is 13.8 Å². The lowest BCUT2D eigenvalue weighted by Gasteiger charge is -2.17. The molecule has 0 radical (unpaired) electrons. The van der Waals surface area contributed by atoms with E-state index in [1.54, 1.807) is 0 Å². The van der Waals surface area contributed by atoms with E-state index in [2.05, 4.69) is 68.4 Å². The highest BCUT2D eigenvalue weighted by molar-refractivity contribution is 7.99. The number of hydrogen-bond acceptors (Lipinski definition) is 4. The molecule has 0 N–H and O–H groups in total. The van der Waals surface area contributed by atoms with Crippen molar-refractivity contribution in [3.8, 4) is 22.6 Å². The van der Waals surface area contributed by atoms with Gasteiger partial charge in [0, 0.05) is 17.1 Å². The third-order valence-corrected chi connectivity index (χ3v) is 7.08. The van der Waals surface area contributed by atoms with Crippen LogP contribution in [0.5, 0.6) is 11.5 Å². The van der Waals surface area contributed by atoms with E-state index in [9.17, 15) is 0 Å². The number of hydrogen-bond donors (Lipinski definition) is 0. The number of benzene rings is 3. The zero-order chi connectivity index (χ0) is 21.2. The van der Waals surface area contributed by atoms with Crippen LogP contribution in [0.25, 0.3) is 11.1 Å². The van der Waals surface area contributed by atoms with Crippen molar-refractivity contribution in [2.45, 2.75) is 44.3 Å². The molecule has 3 aromatic rings. The lowest BCUT2D eigenvalue weighted by atomic mass is 9.94. The van der Waals surface area contributed by atoms with Gasteiger partial charge in [-0.05, 0) is 84.0 Å². The van der Waals surface area contributed by atoms with E-state index in [1.807, 2.05) is 11.8 Å². The van der Waals surface area contributed by atoms with Crippen LogP contribution in [0.3, 0.4) is 0 Å². The molecular formula is C27H28O3S. The molecule has 1 saturated heterocycles. The third kappa shape index (κ3) is 4.60. The Kier molecular flexibility index (Phi) is 5.93. The molecule has 2 aliphatic heterocycles. The average Bonchev–Trinajstić information content (AvgIpc) is 3.43. The Morgan fingerprint density at radius 3 is 2.68 bits per heavy atom.